The number of hydrogen-bond donors (Lipinski definition) is 0. The standard InChI is InChI=1S/C12H8F3NO2/c13-12(14,15)7-18-11-10-4-2-1-3-8(10)5-9(6-17)16-11/h1-6H,7H2. The van der Waals surface area contributed by atoms with Crippen molar-refractivity contribution in [1.29, 1.82) is 0 Å². The molecule has 1 aromatic heterocycles. The van der Waals surface area contributed by atoms with Crippen LogP contribution in [0, 0.1) is 0 Å². The number of alkyl halides is 3. The van der Waals surface area contributed by atoms with Crippen molar-refractivity contribution in [3.8, 4) is 5.88 Å². The fraction of sp³-hybridized carbons (Fsp3) is 0.167. The normalized spacial score (nSPS) is 11.5. The van der Waals surface area contributed by atoms with Crippen LogP contribution in [0.3, 0.4) is 0 Å². The third-order valence-electron chi connectivity index (χ3n) is 2.22. The van der Waals surface area contributed by atoms with Crippen molar-refractivity contribution >= 4 is 17.1 Å². The van der Waals surface area contributed by atoms with E-state index >= 15 is 0 Å². The Bertz CT molecular complexity index is 581. The van der Waals surface area contributed by atoms with Crippen LogP contribution >= 0.6 is 0 Å². The number of carbonyl (C=O) groups is 1. The predicted molar refractivity (Wildman–Crippen MR) is 58.7 cm³/mol. The number of benzene rings is 1. The minimum absolute atomic E-state index is 0.0332. The highest BCUT2D eigenvalue weighted by Crippen LogP contribution is 2.25. The van der Waals surface area contributed by atoms with Gasteiger partial charge in [0.25, 0.3) is 0 Å². The van der Waals surface area contributed by atoms with Crippen LogP contribution in [0.5, 0.6) is 5.88 Å². The predicted octanol–water partition coefficient (Wildman–Crippen LogP) is 2.99. The molecule has 3 nitrogen and oxygen atoms in total. The van der Waals surface area contributed by atoms with Gasteiger partial charge in [-0.05, 0) is 17.5 Å². The van der Waals surface area contributed by atoms with Crippen LogP contribution in [0.2, 0.25) is 0 Å². The number of nitrogens with zero attached hydrogens (tertiary/aromatic N) is 1. The molecule has 0 unspecified atom stereocenters. The van der Waals surface area contributed by atoms with Gasteiger partial charge in [0.05, 0.1) is 0 Å². The van der Waals surface area contributed by atoms with Crippen LogP contribution < -0.4 is 4.74 Å². The first-order chi connectivity index (χ1) is 8.49. The SMILES string of the molecule is O=Cc1cc2ccccc2c(OCC(F)(F)F)n1. The van der Waals surface area contributed by atoms with E-state index in [1.54, 1.807) is 24.3 Å². The van der Waals surface area contributed by atoms with Crippen molar-refractivity contribution in [1.82, 2.24) is 4.98 Å². The molecule has 2 aromatic rings. The number of fused-ring (bicyclic) bond motifs is 1. The smallest absolute Gasteiger partial charge is 0.422 e. The maximum Gasteiger partial charge on any atom is 0.422 e. The number of aromatic nitrogens is 1. The first-order valence-electron chi connectivity index (χ1n) is 5.04. The van der Waals surface area contributed by atoms with Gasteiger partial charge in [0, 0.05) is 5.39 Å². The molecule has 0 aliphatic rings. The van der Waals surface area contributed by atoms with E-state index in [0.717, 1.165) is 0 Å². The molecule has 0 radical (unpaired) electrons. The highest BCUT2D eigenvalue weighted by atomic mass is 19.4. The Kier molecular flexibility index (Phi) is 3.18. The Labute approximate surface area is 100 Å². The zero-order valence-electron chi connectivity index (χ0n) is 9.07. The molecule has 0 spiro atoms. The number of halogens is 3. The summed E-state index contributed by atoms with van der Waals surface area (Å²) < 4.78 is 40.9. The van der Waals surface area contributed by atoms with Gasteiger partial charge in [-0.3, -0.25) is 4.79 Å². The van der Waals surface area contributed by atoms with E-state index in [-0.39, 0.29) is 11.6 Å². The number of rotatable bonds is 3. The lowest BCUT2D eigenvalue weighted by atomic mass is 10.1. The minimum Gasteiger partial charge on any atom is -0.468 e. The zero-order valence-corrected chi connectivity index (χ0v) is 9.07. The first-order valence-corrected chi connectivity index (χ1v) is 5.04. The molecule has 0 aliphatic heterocycles. The summed E-state index contributed by atoms with van der Waals surface area (Å²) in [5, 5.41) is 1.04. The maximum atomic E-state index is 12.1. The summed E-state index contributed by atoms with van der Waals surface area (Å²) >= 11 is 0. The second-order valence-corrected chi connectivity index (χ2v) is 3.60. The van der Waals surface area contributed by atoms with Gasteiger partial charge < -0.3 is 4.74 Å². The lowest BCUT2D eigenvalue weighted by Crippen LogP contribution is -2.20. The molecule has 2 rings (SSSR count). The van der Waals surface area contributed by atoms with Crippen LogP contribution in [0.25, 0.3) is 10.8 Å². The van der Waals surface area contributed by atoms with Crippen molar-refractivity contribution in [2.45, 2.75) is 6.18 Å². The maximum absolute atomic E-state index is 12.1. The van der Waals surface area contributed by atoms with Gasteiger partial charge in [0.1, 0.15) is 5.69 Å². The van der Waals surface area contributed by atoms with Crippen LogP contribution in [0.1, 0.15) is 10.5 Å². The van der Waals surface area contributed by atoms with E-state index in [4.69, 9.17) is 0 Å². The summed E-state index contributed by atoms with van der Waals surface area (Å²) in [6.07, 6.45) is -3.98. The fourth-order valence-corrected chi connectivity index (χ4v) is 1.51. The summed E-state index contributed by atoms with van der Waals surface area (Å²) in [5.41, 5.74) is 0.0332. The molecule has 1 aromatic carbocycles. The zero-order chi connectivity index (χ0) is 13.2. The number of aldehydes is 1. The van der Waals surface area contributed by atoms with Crippen molar-refractivity contribution < 1.29 is 22.7 Å². The second kappa shape index (κ2) is 4.64. The number of pyridine rings is 1. The summed E-state index contributed by atoms with van der Waals surface area (Å²) in [4.78, 5) is 14.4. The molecular formula is C12H8F3NO2. The van der Waals surface area contributed by atoms with Crippen LogP contribution in [0.4, 0.5) is 13.2 Å². The van der Waals surface area contributed by atoms with Gasteiger partial charge >= 0.3 is 6.18 Å². The fourth-order valence-electron chi connectivity index (χ4n) is 1.51. The molecule has 0 aliphatic carbocycles. The van der Waals surface area contributed by atoms with E-state index in [1.807, 2.05) is 0 Å². The highest BCUT2D eigenvalue weighted by Gasteiger charge is 2.29. The van der Waals surface area contributed by atoms with Crippen LogP contribution in [-0.4, -0.2) is 24.1 Å². The molecule has 0 saturated heterocycles. The third-order valence-corrected chi connectivity index (χ3v) is 2.22. The van der Waals surface area contributed by atoms with E-state index < -0.39 is 12.8 Å². The molecule has 0 fully saturated rings. The Morgan fingerprint density at radius 3 is 2.67 bits per heavy atom. The van der Waals surface area contributed by atoms with Crippen LogP contribution in [-0.2, 0) is 0 Å². The van der Waals surface area contributed by atoms with E-state index in [2.05, 4.69) is 9.72 Å². The van der Waals surface area contributed by atoms with E-state index in [9.17, 15) is 18.0 Å². The number of ether oxygens (including phenoxy) is 1. The molecule has 1 heterocycles. The van der Waals surface area contributed by atoms with Crippen LogP contribution in [0.15, 0.2) is 30.3 Å². The second-order valence-electron chi connectivity index (χ2n) is 3.60. The topological polar surface area (TPSA) is 39.2 Å². The Balaban J connectivity index is 2.44. The molecule has 94 valence electrons. The van der Waals surface area contributed by atoms with Gasteiger partial charge in [-0.2, -0.15) is 13.2 Å². The monoisotopic (exact) mass is 255 g/mol. The van der Waals surface area contributed by atoms with Crippen molar-refractivity contribution in [2.24, 2.45) is 0 Å². The van der Waals surface area contributed by atoms with Crippen molar-refractivity contribution in [3.63, 3.8) is 0 Å². The van der Waals surface area contributed by atoms with Gasteiger partial charge in [0.15, 0.2) is 12.9 Å². The average Bonchev–Trinajstić information content (AvgIpc) is 2.34. The molecule has 18 heavy (non-hydrogen) atoms. The average molecular weight is 255 g/mol. The van der Waals surface area contributed by atoms with Gasteiger partial charge in [-0.1, -0.05) is 18.2 Å². The molecule has 0 saturated carbocycles. The summed E-state index contributed by atoms with van der Waals surface area (Å²) in [6, 6.07) is 8.12. The van der Waals surface area contributed by atoms with Gasteiger partial charge in [-0.15, -0.1) is 0 Å². The van der Waals surface area contributed by atoms with Gasteiger partial charge in [-0.25, -0.2) is 4.98 Å². The summed E-state index contributed by atoms with van der Waals surface area (Å²) in [7, 11) is 0. The van der Waals surface area contributed by atoms with Gasteiger partial charge in [0.2, 0.25) is 5.88 Å². The molecule has 0 amide bonds. The molecule has 0 N–H and O–H groups in total. The Morgan fingerprint density at radius 1 is 1.28 bits per heavy atom. The summed E-state index contributed by atoms with van der Waals surface area (Å²) in [6.45, 7) is -1.44. The molecule has 0 bridgehead atoms. The van der Waals surface area contributed by atoms with E-state index in [1.165, 1.54) is 6.07 Å². The lowest BCUT2D eigenvalue weighted by molar-refractivity contribution is -0.153. The largest absolute Gasteiger partial charge is 0.468 e. The Hall–Kier alpha value is -2.11. The molecule has 6 heteroatoms. The number of hydrogen-bond acceptors (Lipinski definition) is 3. The minimum atomic E-state index is -4.44. The lowest BCUT2D eigenvalue weighted by Gasteiger charge is -2.10. The molecular weight excluding hydrogens is 247 g/mol. The molecule has 0 atom stereocenters. The summed E-state index contributed by atoms with van der Waals surface area (Å²) in [5.74, 6) is -0.187. The Morgan fingerprint density at radius 2 is 2.00 bits per heavy atom. The van der Waals surface area contributed by atoms with E-state index in [0.29, 0.717) is 17.1 Å². The quantitative estimate of drug-likeness (QED) is 0.791. The number of carbonyl (C=O) groups excluding carboxylic acids is 1. The van der Waals surface area contributed by atoms with Crippen molar-refractivity contribution in [2.75, 3.05) is 6.61 Å². The van der Waals surface area contributed by atoms with Crippen molar-refractivity contribution in [3.05, 3.63) is 36.0 Å². The first kappa shape index (κ1) is 12.3. The highest BCUT2D eigenvalue weighted by molar-refractivity contribution is 5.90. The third kappa shape index (κ3) is 2.77.